The largest absolute Gasteiger partial charge is 0.352 e. The molecule has 0 spiro atoms. The molecule has 5 nitrogen and oxygen atoms in total. The van der Waals surface area contributed by atoms with Crippen molar-refractivity contribution in [3.63, 3.8) is 0 Å². The van der Waals surface area contributed by atoms with E-state index in [-0.39, 0.29) is 23.9 Å². The Hall–Kier alpha value is -1.88. The Balaban J connectivity index is 1.53. The van der Waals surface area contributed by atoms with Gasteiger partial charge in [0.2, 0.25) is 11.8 Å². The molecule has 1 aromatic carbocycles. The zero-order chi connectivity index (χ0) is 20.6. The van der Waals surface area contributed by atoms with E-state index in [2.05, 4.69) is 36.2 Å². The maximum atomic E-state index is 13.0. The van der Waals surface area contributed by atoms with E-state index in [9.17, 15) is 9.59 Å². The third kappa shape index (κ3) is 6.05. The molecule has 2 aliphatic rings. The van der Waals surface area contributed by atoms with E-state index in [0.717, 1.165) is 51.9 Å². The molecule has 3 rings (SSSR count). The zero-order valence-electron chi connectivity index (χ0n) is 18.1. The summed E-state index contributed by atoms with van der Waals surface area (Å²) in [5.74, 6) is 0.879. The van der Waals surface area contributed by atoms with E-state index in [4.69, 9.17) is 0 Å². The normalized spacial score (nSPS) is 20.4. The van der Waals surface area contributed by atoms with E-state index < -0.39 is 0 Å². The molecule has 0 bridgehead atoms. The summed E-state index contributed by atoms with van der Waals surface area (Å²) < 4.78 is 0. The lowest BCUT2D eigenvalue weighted by atomic mass is 9.94. The minimum Gasteiger partial charge on any atom is -0.352 e. The number of nitrogens with one attached hydrogen (secondary N) is 1. The molecular weight excluding hydrogens is 362 g/mol. The van der Waals surface area contributed by atoms with Crippen LogP contribution in [0.5, 0.6) is 0 Å². The fourth-order valence-corrected chi connectivity index (χ4v) is 4.69. The average molecular weight is 400 g/mol. The van der Waals surface area contributed by atoms with Gasteiger partial charge in [-0.25, -0.2) is 0 Å². The van der Waals surface area contributed by atoms with Gasteiger partial charge in [-0.05, 0) is 44.1 Å². The number of amides is 2. The van der Waals surface area contributed by atoms with Gasteiger partial charge in [-0.15, -0.1) is 0 Å². The maximum absolute atomic E-state index is 13.0. The Kier molecular flexibility index (Phi) is 8.10. The molecule has 160 valence electrons. The summed E-state index contributed by atoms with van der Waals surface area (Å²) in [6.45, 7) is 7.24. The zero-order valence-corrected chi connectivity index (χ0v) is 18.1. The summed E-state index contributed by atoms with van der Waals surface area (Å²) in [5, 5.41) is 3.22. The molecule has 0 radical (unpaired) electrons. The van der Waals surface area contributed by atoms with Crippen LogP contribution in [0, 0.1) is 5.92 Å². The van der Waals surface area contributed by atoms with Crippen LogP contribution >= 0.6 is 0 Å². The molecule has 1 saturated heterocycles. The quantitative estimate of drug-likeness (QED) is 0.730. The molecule has 2 fully saturated rings. The van der Waals surface area contributed by atoms with Crippen molar-refractivity contribution < 1.29 is 9.59 Å². The smallest absolute Gasteiger partial charge is 0.237 e. The number of carbonyl (C=O) groups excluding carboxylic acids is 2. The van der Waals surface area contributed by atoms with Crippen molar-refractivity contribution in [1.82, 2.24) is 15.1 Å². The van der Waals surface area contributed by atoms with E-state index >= 15 is 0 Å². The topological polar surface area (TPSA) is 52.7 Å². The number of benzene rings is 1. The van der Waals surface area contributed by atoms with E-state index in [0.29, 0.717) is 12.3 Å². The summed E-state index contributed by atoms with van der Waals surface area (Å²) in [6.07, 6.45) is 7.06. The molecule has 29 heavy (non-hydrogen) atoms. The van der Waals surface area contributed by atoms with Gasteiger partial charge in [0.1, 0.15) is 0 Å². The van der Waals surface area contributed by atoms with Crippen molar-refractivity contribution in [2.24, 2.45) is 5.92 Å². The number of rotatable bonds is 8. The maximum Gasteiger partial charge on any atom is 0.237 e. The lowest BCUT2D eigenvalue weighted by Gasteiger charge is -2.41. The average Bonchev–Trinajstić information content (AvgIpc) is 3.27. The summed E-state index contributed by atoms with van der Waals surface area (Å²) >= 11 is 0. The molecule has 0 unspecified atom stereocenters. The van der Waals surface area contributed by atoms with Crippen LogP contribution in [0.4, 0.5) is 0 Å². The number of hydrogen-bond acceptors (Lipinski definition) is 3. The number of hydrogen-bond donors (Lipinski definition) is 1. The van der Waals surface area contributed by atoms with Crippen LogP contribution in [0.3, 0.4) is 0 Å². The fourth-order valence-electron chi connectivity index (χ4n) is 4.69. The van der Waals surface area contributed by atoms with Crippen molar-refractivity contribution in [1.29, 1.82) is 0 Å². The molecular formula is C24H37N3O2. The van der Waals surface area contributed by atoms with Gasteiger partial charge in [0.25, 0.3) is 0 Å². The van der Waals surface area contributed by atoms with Gasteiger partial charge in [-0.2, -0.15) is 0 Å². The Morgan fingerprint density at radius 2 is 1.72 bits per heavy atom. The fraction of sp³-hybridized carbons (Fsp3) is 0.667. The lowest BCUT2D eigenvalue weighted by molar-refractivity contribution is -0.135. The van der Waals surface area contributed by atoms with Gasteiger partial charge >= 0.3 is 0 Å². The highest BCUT2D eigenvalue weighted by Crippen LogP contribution is 2.31. The van der Waals surface area contributed by atoms with Gasteiger partial charge in [0.15, 0.2) is 0 Å². The molecule has 2 atom stereocenters. The summed E-state index contributed by atoms with van der Waals surface area (Å²) in [5.41, 5.74) is 1.21. The third-order valence-electron chi connectivity index (χ3n) is 6.65. The highest BCUT2D eigenvalue weighted by atomic mass is 16.2. The van der Waals surface area contributed by atoms with E-state index in [1.807, 2.05) is 23.1 Å². The standard InChI is InChI=1S/C24H37N3O2/c1-3-19(2)25-24(29)23(21-11-7-8-12-21)27-17-15-26(16-18-27)22(28)14-13-20-9-5-4-6-10-20/h4-6,9-10,19,21,23H,3,7-8,11-18H2,1-2H3,(H,25,29)/t19-,23-/m0/s1. The highest BCUT2D eigenvalue weighted by molar-refractivity contribution is 5.82. The first-order valence-corrected chi connectivity index (χ1v) is 11.4. The van der Waals surface area contributed by atoms with Crippen molar-refractivity contribution >= 4 is 11.8 Å². The van der Waals surface area contributed by atoms with Gasteiger partial charge in [-0.1, -0.05) is 50.1 Å². The van der Waals surface area contributed by atoms with Gasteiger partial charge < -0.3 is 10.2 Å². The second kappa shape index (κ2) is 10.8. The second-order valence-electron chi connectivity index (χ2n) is 8.71. The molecule has 1 N–H and O–H groups in total. The number of nitrogens with zero attached hydrogens (tertiary/aromatic N) is 2. The number of carbonyl (C=O) groups is 2. The van der Waals surface area contributed by atoms with Crippen molar-refractivity contribution in [3.05, 3.63) is 35.9 Å². The first kappa shape index (κ1) is 21.8. The van der Waals surface area contributed by atoms with Crippen LogP contribution in [0.1, 0.15) is 57.9 Å². The van der Waals surface area contributed by atoms with Crippen molar-refractivity contribution in [2.75, 3.05) is 26.2 Å². The van der Waals surface area contributed by atoms with Crippen LogP contribution in [0.25, 0.3) is 0 Å². The lowest BCUT2D eigenvalue weighted by Crippen LogP contribution is -2.58. The number of piperazine rings is 1. The number of aryl methyl sites for hydroxylation is 1. The van der Waals surface area contributed by atoms with Gasteiger partial charge in [0, 0.05) is 38.6 Å². The van der Waals surface area contributed by atoms with Crippen molar-refractivity contribution in [3.8, 4) is 0 Å². The first-order valence-electron chi connectivity index (χ1n) is 11.4. The van der Waals surface area contributed by atoms with Crippen molar-refractivity contribution in [2.45, 2.75) is 70.9 Å². The van der Waals surface area contributed by atoms with Crippen LogP contribution < -0.4 is 5.32 Å². The minimum atomic E-state index is -0.0342. The Morgan fingerprint density at radius 1 is 1.07 bits per heavy atom. The minimum absolute atomic E-state index is 0.0342. The first-order chi connectivity index (χ1) is 14.1. The second-order valence-corrected chi connectivity index (χ2v) is 8.71. The SMILES string of the molecule is CC[C@H](C)NC(=O)[C@H](C1CCCC1)N1CCN(C(=O)CCc2ccccc2)CC1. The van der Waals surface area contributed by atoms with Gasteiger partial charge in [0.05, 0.1) is 6.04 Å². The van der Waals surface area contributed by atoms with E-state index in [1.54, 1.807) is 0 Å². The molecule has 1 aliphatic heterocycles. The Labute approximate surface area is 175 Å². The van der Waals surface area contributed by atoms with Gasteiger partial charge in [-0.3, -0.25) is 14.5 Å². The molecule has 1 saturated carbocycles. The summed E-state index contributed by atoms with van der Waals surface area (Å²) in [7, 11) is 0. The van der Waals surface area contributed by atoms with E-state index in [1.165, 1.54) is 18.4 Å². The monoisotopic (exact) mass is 399 g/mol. The van der Waals surface area contributed by atoms with Crippen LogP contribution in [0.15, 0.2) is 30.3 Å². The van der Waals surface area contributed by atoms with Crippen LogP contribution in [0.2, 0.25) is 0 Å². The Morgan fingerprint density at radius 3 is 2.34 bits per heavy atom. The molecule has 5 heteroatoms. The third-order valence-corrected chi connectivity index (χ3v) is 6.65. The molecule has 1 aliphatic carbocycles. The summed E-state index contributed by atoms with van der Waals surface area (Å²) in [4.78, 5) is 30.0. The highest BCUT2D eigenvalue weighted by Gasteiger charge is 2.37. The molecule has 1 heterocycles. The molecule has 0 aromatic heterocycles. The van der Waals surface area contributed by atoms with Crippen LogP contribution in [-0.2, 0) is 16.0 Å². The predicted octanol–water partition coefficient (Wildman–Crippen LogP) is 3.24. The summed E-state index contributed by atoms with van der Waals surface area (Å²) in [6, 6.07) is 10.4. The van der Waals surface area contributed by atoms with Crippen LogP contribution in [-0.4, -0.2) is 59.9 Å². The Bertz CT molecular complexity index is 649. The predicted molar refractivity (Wildman–Crippen MR) is 117 cm³/mol. The molecule has 2 amide bonds. The molecule has 1 aromatic rings.